The third-order valence-electron chi connectivity index (χ3n) is 6.95. The third kappa shape index (κ3) is 4.10. The monoisotopic (exact) mass is 462 g/mol. The molecule has 2 N–H and O–H groups in total. The third-order valence-corrected chi connectivity index (χ3v) is 6.95. The van der Waals surface area contributed by atoms with E-state index in [4.69, 9.17) is 15.1 Å². The summed E-state index contributed by atoms with van der Waals surface area (Å²) in [5.41, 5.74) is 11.5. The summed E-state index contributed by atoms with van der Waals surface area (Å²) < 4.78 is 8.04. The highest BCUT2D eigenvalue weighted by Crippen LogP contribution is 2.51. The molecule has 3 heterocycles. The van der Waals surface area contributed by atoms with Crippen molar-refractivity contribution in [1.82, 2.24) is 24.7 Å². The van der Waals surface area contributed by atoms with Crippen LogP contribution < -0.4 is 5.73 Å². The summed E-state index contributed by atoms with van der Waals surface area (Å²) in [4.78, 5) is 13.2. The van der Waals surface area contributed by atoms with Crippen molar-refractivity contribution in [1.29, 1.82) is 0 Å². The van der Waals surface area contributed by atoms with Crippen molar-refractivity contribution in [2.75, 3.05) is 5.73 Å². The summed E-state index contributed by atoms with van der Waals surface area (Å²) in [6, 6.07) is 18.8. The maximum Gasteiger partial charge on any atom is 0.219 e. The van der Waals surface area contributed by atoms with Gasteiger partial charge >= 0.3 is 0 Å². The minimum atomic E-state index is -0.297. The van der Waals surface area contributed by atoms with Crippen LogP contribution in [0.5, 0.6) is 0 Å². The van der Waals surface area contributed by atoms with Gasteiger partial charge in [-0.05, 0) is 42.4 Å². The van der Waals surface area contributed by atoms with Crippen LogP contribution in [0.25, 0.3) is 22.4 Å². The molecule has 35 heavy (non-hydrogen) atoms. The molecule has 2 aromatic carbocycles. The number of nitrogens with two attached hydrogens (primary N) is 1. The summed E-state index contributed by atoms with van der Waals surface area (Å²) >= 11 is 0. The fourth-order valence-electron chi connectivity index (χ4n) is 4.69. The average Bonchev–Trinajstić information content (AvgIpc) is 3.45. The molecule has 0 radical (unpaired) electrons. The molecule has 7 heteroatoms. The Morgan fingerprint density at radius 2 is 1.69 bits per heavy atom. The van der Waals surface area contributed by atoms with Crippen LogP contribution in [0.3, 0.4) is 0 Å². The lowest BCUT2D eigenvalue weighted by Crippen LogP contribution is -2.26. The van der Waals surface area contributed by atoms with Gasteiger partial charge in [0, 0.05) is 29.7 Å². The van der Waals surface area contributed by atoms with Gasteiger partial charge in [0.15, 0.2) is 0 Å². The van der Waals surface area contributed by atoms with Gasteiger partial charge in [-0.2, -0.15) is 5.10 Å². The highest BCUT2D eigenvalue weighted by molar-refractivity contribution is 5.63. The van der Waals surface area contributed by atoms with Crippen molar-refractivity contribution in [2.45, 2.75) is 31.7 Å². The molecule has 0 bridgehead atoms. The van der Waals surface area contributed by atoms with Gasteiger partial charge in [-0.15, -0.1) is 0 Å². The molecule has 1 aliphatic carbocycles. The number of oxazole rings is 1. The van der Waals surface area contributed by atoms with Crippen LogP contribution in [0.1, 0.15) is 36.8 Å². The maximum atomic E-state index is 6.11. The van der Waals surface area contributed by atoms with Crippen molar-refractivity contribution in [2.24, 2.45) is 5.92 Å². The number of nitrogens with zero attached hydrogens (tertiary/aromatic N) is 5. The summed E-state index contributed by atoms with van der Waals surface area (Å²) in [6.07, 6.45) is 11.4. The molecule has 1 atom stereocenters. The zero-order chi connectivity index (χ0) is 23.8. The second-order valence-corrected chi connectivity index (χ2v) is 9.33. The number of anilines is 1. The Kier molecular flexibility index (Phi) is 5.17. The largest absolute Gasteiger partial charge is 0.447 e. The van der Waals surface area contributed by atoms with E-state index in [0.717, 1.165) is 47.7 Å². The van der Waals surface area contributed by atoms with Gasteiger partial charge in [0.2, 0.25) is 11.8 Å². The van der Waals surface area contributed by atoms with E-state index in [-0.39, 0.29) is 11.4 Å². The van der Waals surface area contributed by atoms with Gasteiger partial charge in [-0.1, -0.05) is 54.6 Å². The smallest absolute Gasteiger partial charge is 0.219 e. The van der Waals surface area contributed by atoms with E-state index in [9.17, 15) is 0 Å². The van der Waals surface area contributed by atoms with Crippen LogP contribution in [0.15, 0.2) is 90.1 Å². The van der Waals surface area contributed by atoms with Crippen molar-refractivity contribution < 1.29 is 4.42 Å². The summed E-state index contributed by atoms with van der Waals surface area (Å²) in [5, 5.41) is 4.53. The first-order chi connectivity index (χ1) is 17.1. The average molecular weight is 463 g/mol. The Hall–Kier alpha value is -4.26. The van der Waals surface area contributed by atoms with Crippen LogP contribution in [-0.2, 0) is 12.0 Å². The summed E-state index contributed by atoms with van der Waals surface area (Å²) in [6.45, 7) is 2.96. The summed E-state index contributed by atoms with van der Waals surface area (Å²) in [5.74, 6) is 1.52. The number of hydrogen-bond donors (Lipinski definition) is 1. The second kappa shape index (κ2) is 8.51. The number of hydrogen-bond acceptors (Lipinski definition) is 6. The standard InChI is InChI=1S/C28H26N6O/c1-28(24-11-12-24,23-9-7-20(8-10-23)21-13-30-27(29)31-14-21)26-33-25(18-35-26)22-15-32-34(17-22)16-19-5-3-2-4-6-19/h2-10,13-15,17-18,24H,11-12,16H2,1H3,(H2,29,30,31). The lowest BCUT2D eigenvalue weighted by atomic mass is 9.77. The van der Waals surface area contributed by atoms with E-state index < -0.39 is 0 Å². The van der Waals surface area contributed by atoms with E-state index in [1.807, 2.05) is 35.3 Å². The number of nitrogen functional groups attached to an aromatic ring is 1. The Labute approximate surface area is 203 Å². The van der Waals surface area contributed by atoms with E-state index in [1.165, 1.54) is 11.1 Å². The molecule has 6 rings (SSSR count). The normalized spacial score (nSPS) is 15.1. The van der Waals surface area contributed by atoms with Gasteiger partial charge in [-0.3, -0.25) is 4.68 Å². The maximum absolute atomic E-state index is 6.11. The quantitative estimate of drug-likeness (QED) is 0.351. The summed E-state index contributed by atoms with van der Waals surface area (Å²) in [7, 11) is 0. The molecule has 1 unspecified atom stereocenters. The van der Waals surface area contributed by atoms with Crippen LogP contribution in [0.2, 0.25) is 0 Å². The fourth-order valence-corrected chi connectivity index (χ4v) is 4.69. The molecule has 174 valence electrons. The molecule has 3 aromatic heterocycles. The van der Waals surface area contributed by atoms with Crippen molar-refractivity contribution >= 4 is 5.95 Å². The van der Waals surface area contributed by atoms with E-state index in [2.05, 4.69) is 58.4 Å². The molecule has 0 amide bonds. The molecule has 1 aliphatic rings. The predicted molar refractivity (Wildman–Crippen MR) is 134 cm³/mol. The Morgan fingerprint density at radius 3 is 2.40 bits per heavy atom. The van der Waals surface area contributed by atoms with Crippen LogP contribution >= 0.6 is 0 Å². The first-order valence-corrected chi connectivity index (χ1v) is 11.8. The van der Waals surface area contributed by atoms with E-state index >= 15 is 0 Å². The Balaban J connectivity index is 1.27. The molecule has 1 saturated carbocycles. The zero-order valence-corrected chi connectivity index (χ0v) is 19.5. The van der Waals surface area contributed by atoms with Gasteiger partial charge in [-0.25, -0.2) is 15.0 Å². The van der Waals surface area contributed by atoms with Gasteiger partial charge < -0.3 is 10.2 Å². The van der Waals surface area contributed by atoms with Gasteiger partial charge in [0.25, 0.3) is 0 Å². The number of aromatic nitrogens is 5. The fraction of sp³-hybridized carbons (Fsp3) is 0.214. The minimum absolute atomic E-state index is 0.275. The SMILES string of the molecule is CC(c1ccc(-c2cnc(N)nc2)cc1)(c1nc(-c2cnn(Cc3ccccc3)c2)co1)C1CC1. The van der Waals surface area contributed by atoms with Crippen molar-refractivity contribution in [3.63, 3.8) is 0 Å². The molecule has 0 aliphatic heterocycles. The predicted octanol–water partition coefficient (Wildman–Crippen LogP) is 5.34. The lowest BCUT2D eigenvalue weighted by Gasteiger charge is -2.27. The molecule has 0 saturated heterocycles. The number of benzene rings is 2. The number of rotatable bonds is 7. The first kappa shape index (κ1) is 21.3. The molecule has 7 nitrogen and oxygen atoms in total. The molecule has 0 spiro atoms. The minimum Gasteiger partial charge on any atom is -0.447 e. The second-order valence-electron chi connectivity index (χ2n) is 9.33. The highest BCUT2D eigenvalue weighted by Gasteiger charge is 2.47. The Bertz CT molecular complexity index is 1440. The van der Waals surface area contributed by atoms with E-state index in [0.29, 0.717) is 5.92 Å². The molecule has 1 fully saturated rings. The first-order valence-electron chi connectivity index (χ1n) is 11.8. The van der Waals surface area contributed by atoms with Gasteiger partial charge in [0.05, 0.1) is 18.2 Å². The highest BCUT2D eigenvalue weighted by atomic mass is 16.3. The van der Waals surface area contributed by atoms with Crippen molar-refractivity contribution in [3.05, 3.63) is 103 Å². The lowest BCUT2D eigenvalue weighted by molar-refractivity contribution is 0.357. The zero-order valence-electron chi connectivity index (χ0n) is 19.5. The van der Waals surface area contributed by atoms with Gasteiger partial charge in [0.1, 0.15) is 12.0 Å². The Morgan fingerprint density at radius 1 is 0.943 bits per heavy atom. The van der Waals surface area contributed by atoms with E-state index in [1.54, 1.807) is 18.7 Å². The van der Waals surface area contributed by atoms with Crippen LogP contribution in [-0.4, -0.2) is 24.7 Å². The van der Waals surface area contributed by atoms with Crippen molar-refractivity contribution in [3.8, 4) is 22.4 Å². The molecule has 5 aromatic rings. The molecular weight excluding hydrogens is 436 g/mol. The molecular formula is C28H26N6O. The topological polar surface area (TPSA) is 95.6 Å². The van der Waals surface area contributed by atoms with Crippen LogP contribution in [0.4, 0.5) is 5.95 Å². The van der Waals surface area contributed by atoms with Crippen LogP contribution in [0, 0.1) is 5.92 Å².